The van der Waals surface area contributed by atoms with Crippen LogP contribution in [0.1, 0.15) is 45.0 Å². The van der Waals surface area contributed by atoms with E-state index in [4.69, 9.17) is 4.98 Å². The number of nitrogens with zero attached hydrogens (tertiary/aromatic N) is 3. The second-order valence-electron chi connectivity index (χ2n) is 6.29. The molecule has 4 heteroatoms. The fourth-order valence-electron chi connectivity index (χ4n) is 3.27. The monoisotopic (exact) mass is 276 g/mol. The highest BCUT2D eigenvalue weighted by Crippen LogP contribution is 2.29. The van der Waals surface area contributed by atoms with Gasteiger partial charge in [-0.3, -0.25) is 0 Å². The SMILES string of the molecule is CCCc1nc(NC)c(C)c(N2CC(C)CC(C)C2)n1. The van der Waals surface area contributed by atoms with Crippen molar-refractivity contribution in [3.05, 3.63) is 11.4 Å². The lowest BCUT2D eigenvalue weighted by atomic mass is 9.92. The lowest BCUT2D eigenvalue weighted by molar-refractivity contribution is 0.355. The Bertz CT molecular complexity index is 448. The zero-order valence-corrected chi connectivity index (χ0v) is 13.5. The first-order valence-corrected chi connectivity index (χ1v) is 7.85. The Morgan fingerprint density at radius 2 is 1.85 bits per heavy atom. The fraction of sp³-hybridized carbons (Fsp3) is 0.750. The summed E-state index contributed by atoms with van der Waals surface area (Å²) in [6.45, 7) is 11.2. The molecule has 2 rings (SSSR count). The number of piperidine rings is 1. The molecule has 1 saturated heterocycles. The summed E-state index contributed by atoms with van der Waals surface area (Å²) in [5.74, 6) is 4.54. The van der Waals surface area contributed by atoms with Gasteiger partial charge in [0.05, 0.1) is 0 Å². The van der Waals surface area contributed by atoms with Crippen LogP contribution in [0.15, 0.2) is 0 Å². The highest BCUT2D eigenvalue weighted by atomic mass is 15.2. The van der Waals surface area contributed by atoms with Gasteiger partial charge in [0.25, 0.3) is 0 Å². The quantitative estimate of drug-likeness (QED) is 0.916. The van der Waals surface area contributed by atoms with Crippen LogP contribution in [0.5, 0.6) is 0 Å². The summed E-state index contributed by atoms with van der Waals surface area (Å²) in [4.78, 5) is 11.9. The van der Waals surface area contributed by atoms with E-state index in [1.54, 1.807) is 0 Å². The molecule has 0 bridgehead atoms. The van der Waals surface area contributed by atoms with Crippen LogP contribution in [0, 0.1) is 18.8 Å². The van der Waals surface area contributed by atoms with E-state index in [1.807, 2.05) is 7.05 Å². The number of aromatic nitrogens is 2. The third kappa shape index (κ3) is 3.22. The number of hydrogen-bond acceptors (Lipinski definition) is 4. The average Bonchev–Trinajstić information content (AvgIpc) is 2.39. The molecule has 2 heterocycles. The standard InChI is InChI=1S/C16H28N4/c1-6-7-14-18-15(17-5)13(4)16(19-14)20-9-11(2)8-12(3)10-20/h11-12H,6-10H2,1-5H3,(H,17,18,19). The summed E-state index contributed by atoms with van der Waals surface area (Å²) in [5, 5.41) is 3.22. The largest absolute Gasteiger partial charge is 0.373 e. The first-order chi connectivity index (χ1) is 9.55. The van der Waals surface area contributed by atoms with Crippen molar-refractivity contribution in [3.8, 4) is 0 Å². The van der Waals surface area contributed by atoms with Crippen molar-refractivity contribution in [1.82, 2.24) is 9.97 Å². The number of hydrogen-bond donors (Lipinski definition) is 1. The van der Waals surface area contributed by atoms with Crippen LogP contribution in [-0.4, -0.2) is 30.1 Å². The normalized spacial score (nSPS) is 22.9. The Hall–Kier alpha value is -1.32. The van der Waals surface area contributed by atoms with E-state index in [0.29, 0.717) is 0 Å². The van der Waals surface area contributed by atoms with Crippen molar-refractivity contribution >= 4 is 11.6 Å². The van der Waals surface area contributed by atoms with Crippen molar-refractivity contribution in [2.75, 3.05) is 30.4 Å². The smallest absolute Gasteiger partial charge is 0.137 e. The van der Waals surface area contributed by atoms with Gasteiger partial charge >= 0.3 is 0 Å². The Morgan fingerprint density at radius 1 is 1.20 bits per heavy atom. The van der Waals surface area contributed by atoms with E-state index in [0.717, 1.165) is 55.2 Å². The lowest BCUT2D eigenvalue weighted by Crippen LogP contribution is -2.39. The van der Waals surface area contributed by atoms with E-state index in [1.165, 1.54) is 12.0 Å². The first kappa shape index (κ1) is 15.1. The van der Waals surface area contributed by atoms with E-state index in [2.05, 4.69) is 42.9 Å². The van der Waals surface area contributed by atoms with Gasteiger partial charge in [0.1, 0.15) is 17.5 Å². The zero-order valence-electron chi connectivity index (χ0n) is 13.5. The van der Waals surface area contributed by atoms with Crippen LogP contribution in [0.3, 0.4) is 0 Å². The van der Waals surface area contributed by atoms with E-state index < -0.39 is 0 Å². The molecule has 2 unspecified atom stereocenters. The molecule has 2 atom stereocenters. The summed E-state index contributed by atoms with van der Waals surface area (Å²) in [6.07, 6.45) is 3.35. The summed E-state index contributed by atoms with van der Waals surface area (Å²) in [5.41, 5.74) is 1.17. The molecule has 0 saturated carbocycles. The maximum atomic E-state index is 4.84. The molecule has 0 spiro atoms. The lowest BCUT2D eigenvalue weighted by Gasteiger charge is -2.36. The summed E-state index contributed by atoms with van der Waals surface area (Å²) < 4.78 is 0. The average molecular weight is 276 g/mol. The number of anilines is 2. The van der Waals surface area contributed by atoms with Gasteiger partial charge < -0.3 is 10.2 Å². The molecule has 1 aliphatic heterocycles. The Labute approximate surface area is 123 Å². The van der Waals surface area contributed by atoms with Crippen LogP contribution in [-0.2, 0) is 6.42 Å². The third-order valence-electron chi connectivity index (χ3n) is 4.05. The highest BCUT2D eigenvalue weighted by Gasteiger charge is 2.25. The molecule has 0 amide bonds. The molecule has 1 fully saturated rings. The van der Waals surface area contributed by atoms with E-state index >= 15 is 0 Å². The van der Waals surface area contributed by atoms with Gasteiger partial charge in [0.15, 0.2) is 0 Å². The molecule has 4 nitrogen and oxygen atoms in total. The summed E-state index contributed by atoms with van der Waals surface area (Å²) in [6, 6.07) is 0. The van der Waals surface area contributed by atoms with Crippen molar-refractivity contribution < 1.29 is 0 Å². The fourth-order valence-corrected chi connectivity index (χ4v) is 3.27. The molecule has 112 valence electrons. The second kappa shape index (κ2) is 6.42. The minimum absolute atomic E-state index is 0.737. The topological polar surface area (TPSA) is 41.1 Å². The van der Waals surface area contributed by atoms with Gasteiger partial charge in [0.2, 0.25) is 0 Å². The van der Waals surface area contributed by atoms with E-state index in [9.17, 15) is 0 Å². The molecular weight excluding hydrogens is 248 g/mol. The highest BCUT2D eigenvalue weighted by molar-refractivity contribution is 5.58. The van der Waals surface area contributed by atoms with Crippen LogP contribution in [0.25, 0.3) is 0 Å². The molecule has 0 aromatic carbocycles. The second-order valence-corrected chi connectivity index (χ2v) is 6.29. The van der Waals surface area contributed by atoms with Crippen molar-refractivity contribution in [2.45, 2.75) is 47.0 Å². The Morgan fingerprint density at radius 3 is 2.40 bits per heavy atom. The maximum absolute atomic E-state index is 4.84. The van der Waals surface area contributed by atoms with E-state index in [-0.39, 0.29) is 0 Å². The molecule has 1 N–H and O–H groups in total. The van der Waals surface area contributed by atoms with Crippen LogP contribution in [0.2, 0.25) is 0 Å². The number of nitrogens with one attached hydrogen (secondary N) is 1. The zero-order chi connectivity index (χ0) is 14.7. The molecular formula is C16H28N4. The predicted molar refractivity (Wildman–Crippen MR) is 85.5 cm³/mol. The Kier molecular flexibility index (Phi) is 4.84. The Balaban J connectivity index is 2.35. The number of aryl methyl sites for hydroxylation is 1. The van der Waals surface area contributed by atoms with Crippen molar-refractivity contribution in [2.24, 2.45) is 11.8 Å². The first-order valence-electron chi connectivity index (χ1n) is 7.85. The molecule has 1 aliphatic rings. The van der Waals surface area contributed by atoms with Crippen LogP contribution >= 0.6 is 0 Å². The van der Waals surface area contributed by atoms with Crippen molar-refractivity contribution in [3.63, 3.8) is 0 Å². The van der Waals surface area contributed by atoms with Gasteiger partial charge in [-0.25, -0.2) is 9.97 Å². The van der Waals surface area contributed by atoms with Gasteiger partial charge in [-0.1, -0.05) is 20.8 Å². The van der Waals surface area contributed by atoms with Gasteiger partial charge in [-0.05, 0) is 31.6 Å². The van der Waals surface area contributed by atoms with Crippen molar-refractivity contribution in [1.29, 1.82) is 0 Å². The number of rotatable bonds is 4. The minimum Gasteiger partial charge on any atom is -0.373 e. The third-order valence-corrected chi connectivity index (χ3v) is 4.05. The van der Waals surface area contributed by atoms with Crippen LogP contribution in [0.4, 0.5) is 11.6 Å². The molecule has 0 radical (unpaired) electrons. The predicted octanol–water partition coefficient (Wildman–Crippen LogP) is 3.26. The molecule has 20 heavy (non-hydrogen) atoms. The van der Waals surface area contributed by atoms with Gasteiger partial charge in [-0.2, -0.15) is 0 Å². The van der Waals surface area contributed by atoms with Gasteiger partial charge in [0, 0.05) is 32.1 Å². The molecule has 0 aliphatic carbocycles. The summed E-state index contributed by atoms with van der Waals surface area (Å²) in [7, 11) is 1.94. The molecule has 1 aromatic heterocycles. The van der Waals surface area contributed by atoms with Crippen LogP contribution < -0.4 is 10.2 Å². The maximum Gasteiger partial charge on any atom is 0.137 e. The molecule has 1 aromatic rings. The van der Waals surface area contributed by atoms with Gasteiger partial charge in [-0.15, -0.1) is 0 Å². The minimum atomic E-state index is 0.737. The summed E-state index contributed by atoms with van der Waals surface area (Å²) >= 11 is 0.